The Labute approximate surface area is 123 Å². The van der Waals surface area contributed by atoms with Gasteiger partial charge in [0.1, 0.15) is 5.75 Å². The molecule has 2 nitrogen and oxygen atoms in total. The molecule has 0 saturated carbocycles. The molecule has 94 valence electrons. The van der Waals surface area contributed by atoms with Gasteiger partial charge in [-0.3, -0.25) is 0 Å². The highest BCUT2D eigenvalue weighted by atomic mass is 79.9. The van der Waals surface area contributed by atoms with Gasteiger partial charge in [-0.1, -0.05) is 6.07 Å². The molecule has 2 rings (SSSR count). The Balaban J connectivity index is 2.40. The molecular weight excluding hydrogens is 360 g/mol. The zero-order chi connectivity index (χ0) is 13.3. The van der Waals surface area contributed by atoms with E-state index in [4.69, 9.17) is 4.74 Å². The van der Waals surface area contributed by atoms with Crippen LogP contribution in [0.25, 0.3) is 0 Å². The molecule has 0 aliphatic carbocycles. The summed E-state index contributed by atoms with van der Waals surface area (Å²) in [6.45, 7) is 3.95. The molecule has 1 N–H and O–H groups in total. The summed E-state index contributed by atoms with van der Waals surface area (Å²) in [5, 5.41) is 9.94. The molecule has 0 bridgehead atoms. The summed E-state index contributed by atoms with van der Waals surface area (Å²) in [7, 11) is 0. The molecule has 0 saturated heterocycles. The smallest absolute Gasteiger partial charge is 0.172 e. The number of benzene rings is 2. The Morgan fingerprint density at radius 2 is 1.56 bits per heavy atom. The lowest BCUT2D eigenvalue weighted by atomic mass is 10.2. The van der Waals surface area contributed by atoms with Gasteiger partial charge in [-0.2, -0.15) is 0 Å². The van der Waals surface area contributed by atoms with Crippen molar-refractivity contribution in [3.63, 3.8) is 0 Å². The number of hydrogen-bond acceptors (Lipinski definition) is 2. The minimum atomic E-state index is 0.105. The van der Waals surface area contributed by atoms with Gasteiger partial charge in [-0.05, 0) is 81.1 Å². The lowest BCUT2D eigenvalue weighted by Gasteiger charge is -2.11. The Morgan fingerprint density at radius 3 is 2.22 bits per heavy atom. The van der Waals surface area contributed by atoms with Crippen molar-refractivity contribution in [1.82, 2.24) is 0 Å². The molecule has 2 aromatic carbocycles. The molecule has 0 aromatic heterocycles. The first-order chi connectivity index (χ1) is 8.47. The molecule has 0 spiro atoms. The van der Waals surface area contributed by atoms with Crippen molar-refractivity contribution in [1.29, 1.82) is 0 Å². The number of ether oxygens (including phenoxy) is 1. The zero-order valence-corrected chi connectivity index (χ0v) is 13.2. The summed E-state index contributed by atoms with van der Waals surface area (Å²) in [6, 6.07) is 9.44. The van der Waals surface area contributed by atoms with Crippen LogP contribution < -0.4 is 4.74 Å². The molecule has 0 heterocycles. The van der Waals surface area contributed by atoms with Gasteiger partial charge in [0.15, 0.2) is 11.5 Å². The van der Waals surface area contributed by atoms with Gasteiger partial charge >= 0.3 is 0 Å². The minimum Gasteiger partial charge on any atom is -0.503 e. The fourth-order valence-corrected chi connectivity index (χ4v) is 2.72. The van der Waals surface area contributed by atoms with Crippen LogP contribution in [0.2, 0.25) is 0 Å². The van der Waals surface area contributed by atoms with E-state index in [-0.39, 0.29) is 5.75 Å². The molecule has 0 unspecified atom stereocenters. The number of phenols is 1. The number of halogens is 2. The van der Waals surface area contributed by atoms with Gasteiger partial charge in [-0.15, -0.1) is 0 Å². The molecule has 0 aliphatic rings. The van der Waals surface area contributed by atoms with Crippen LogP contribution in [-0.4, -0.2) is 5.11 Å². The highest BCUT2D eigenvalue weighted by Gasteiger charge is 2.10. The molecule has 2 aromatic rings. The first kappa shape index (κ1) is 13.4. The largest absolute Gasteiger partial charge is 0.503 e. The van der Waals surface area contributed by atoms with Crippen molar-refractivity contribution in [2.75, 3.05) is 0 Å². The quantitative estimate of drug-likeness (QED) is 0.773. The monoisotopic (exact) mass is 370 g/mol. The summed E-state index contributed by atoms with van der Waals surface area (Å²) >= 11 is 6.75. The van der Waals surface area contributed by atoms with E-state index < -0.39 is 0 Å². The first-order valence-electron chi connectivity index (χ1n) is 5.40. The van der Waals surface area contributed by atoms with Gasteiger partial charge in [0.05, 0.1) is 8.95 Å². The van der Waals surface area contributed by atoms with Gasteiger partial charge < -0.3 is 9.84 Å². The van der Waals surface area contributed by atoms with E-state index in [0.717, 1.165) is 15.6 Å². The topological polar surface area (TPSA) is 29.5 Å². The SMILES string of the molecule is Cc1ccc(Oc2cc(C)cc(Br)c2O)c(Br)c1. The third kappa shape index (κ3) is 2.87. The highest BCUT2D eigenvalue weighted by molar-refractivity contribution is 9.10. The second-order valence-electron chi connectivity index (χ2n) is 4.13. The standard InChI is InChI=1S/C14H12Br2O2/c1-8-3-4-12(10(15)5-8)18-13-7-9(2)6-11(16)14(13)17/h3-7,17H,1-2H3. The second kappa shape index (κ2) is 5.33. The van der Waals surface area contributed by atoms with E-state index in [2.05, 4.69) is 31.9 Å². The van der Waals surface area contributed by atoms with E-state index in [0.29, 0.717) is 16.0 Å². The van der Waals surface area contributed by atoms with Crippen LogP contribution in [0, 0.1) is 13.8 Å². The average Bonchev–Trinajstić information content (AvgIpc) is 2.29. The number of aryl methyl sites for hydroxylation is 2. The summed E-state index contributed by atoms with van der Waals surface area (Å²) in [5.74, 6) is 1.22. The fourth-order valence-electron chi connectivity index (χ4n) is 1.59. The number of phenolic OH excluding ortho intramolecular Hbond substituents is 1. The maximum atomic E-state index is 9.94. The van der Waals surface area contributed by atoms with Crippen LogP contribution in [0.3, 0.4) is 0 Å². The van der Waals surface area contributed by atoms with Crippen molar-refractivity contribution >= 4 is 31.9 Å². The summed E-state index contributed by atoms with van der Waals surface area (Å²) in [5.41, 5.74) is 2.15. The van der Waals surface area contributed by atoms with E-state index in [1.54, 1.807) is 6.07 Å². The molecule has 4 heteroatoms. The van der Waals surface area contributed by atoms with Crippen LogP contribution in [0.1, 0.15) is 11.1 Å². The summed E-state index contributed by atoms with van der Waals surface area (Å²) in [6.07, 6.45) is 0. The Hall–Kier alpha value is -1.000. The molecule has 0 amide bonds. The van der Waals surface area contributed by atoms with Crippen molar-refractivity contribution in [3.8, 4) is 17.2 Å². The van der Waals surface area contributed by atoms with Crippen LogP contribution in [0.4, 0.5) is 0 Å². The zero-order valence-electron chi connectivity index (χ0n) is 10.00. The molecule has 0 radical (unpaired) electrons. The van der Waals surface area contributed by atoms with E-state index in [9.17, 15) is 5.11 Å². The fraction of sp³-hybridized carbons (Fsp3) is 0.143. The van der Waals surface area contributed by atoms with E-state index in [1.807, 2.05) is 38.1 Å². The van der Waals surface area contributed by atoms with Crippen LogP contribution in [-0.2, 0) is 0 Å². The predicted octanol–water partition coefficient (Wildman–Crippen LogP) is 5.33. The predicted molar refractivity (Wildman–Crippen MR) is 79.5 cm³/mol. The van der Waals surface area contributed by atoms with E-state index >= 15 is 0 Å². The number of hydrogen-bond donors (Lipinski definition) is 1. The summed E-state index contributed by atoms with van der Waals surface area (Å²) in [4.78, 5) is 0. The van der Waals surface area contributed by atoms with Crippen molar-refractivity contribution in [2.24, 2.45) is 0 Å². The molecule has 18 heavy (non-hydrogen) atoms. The van der Waals surface area contributed by atoms with Crippen LogP contribution >= 0.6 is 31.9 Å². The highest BCUT2D eigenvalue weighted by Crippen LogP contribution is 2.39. The Morgan fingerprint density at radius 1 is 0.889 bits per heavy atom. The van der Waals surface area contributed by atoms with Crippen LogP contribution in [0.5, 0.6) is 17.2 Å². The third-order valence-electron chi connectivity index (χ3n) is 2.48. The average molecular weight is 372 g/mol. The minimum absolute atomic E-state index is 0.105. The molecule has 0 aliphatic heterocycles. The molecule has 0 fully saturated rings. The lowest BCUT2D eigenvalue weighted by molar-refractivity contribution is 0.407. The van der Waals surface area contributed by atoms with Gasteiger partial charge in [0.2, 0.25) is 0 Å². The molecule has 0 atom stereocenters. The van der Waals surface area contributed by atoms with Crippen molar-refractivity contribution < 1.29 is 9.84 Å². The Kier molecular flexibility index (Phi) is 3.97. The van der Waals surface area contributed by atoms with Crippen LogP contribution in [0.15, 0.2) is 39.3 Å². The van der Waals surface area contributed by atoms with E-state index in [1.165, 1.54) is 0 Å². The lowest BCUT2D eigenvalue weighted by Crippen LogP contribution is -1.88. The van der Waals surface area contributed by atoms with Gasteiger partial charge in [0, 0.05) is 0 Å². The molecular formula is C14H12Br2O2. The van der Waals surface area contributed by atoms with Gasteiger partial charge in [0.25, 0.3) is 0 Å². The second-order valence-corrected chi connectivity index (χ2v) is 5.84. The number of aromatic hydroxyl groups is 1. The normalized spacial score (nSPS) is 10.4. The Bertz CT molecular complexity index is 595. The maximum absolute atomic E-state index is 9.94. The summed E-state index contributed by atoms with van der Waals surface area (Å²) < 4.78 is 7.22. The van der Waals surface area contributed by atoms with Crippen molar-refractivity contribution in [3.05, 3.63) is 50.4 Å². The first-order valence-corrected chi connectivity index (χ1v) is 6.99. The maximum Gasteiger partial charge on any atom is 0.172 e. The van der Waals surface area contributed by atoms with Gasteiger partial charge in [-0.25, -0.2) is 0 Å². The number of rotatable bonds is 2. The third-order valence-corrected chi connectivity index (χ3v) is 3.70. The van der Waals surface area contributed by atoms with Crippen molar-refractivity contribution in [2.45, 2.75) is 13.8 Å².